The minimum atomic E-state index is -3.45. The number of rotatable bonds is 4. The SMILES string of the molecule is COC1(CC2(S(=O)(=O)Cl)CC2)CCCCC1. The average Bonchev–Trinajstić information content (AvgIpc) is 2.99. The van der Waals surface area contributed by atoms with E-state index >= 15 is 0 Å². The second-order valence-corrected chi connectivity index (χ2v) is 8.21. The molecule has 2 aliphatic rings. The third-order valence-corrected chi connectivity index (χ3v) is 6.74. The number of hydrogen-bond donors (Lipinski definition) is 0. The molecule has 0 aromatic heterocycles. The fourth-order valence-electron chi connectivity index (χ4n) is 2.88. The fourth-order valence-corrected chi connectivity index (χ4v) is 4.53. The van der Waals surface area contributed by atoms with Crippen molar-refractivity contribution in [2.75, 3.05) is 7.11 Å². The van der Waals surface area contributed by atoms with Crippen molar-refractivity contribution in [1.82, 2.24) is 0 Å². The largest absolute Gasteiger partial charge is 0.378 e. The van der Waals surface area contributed by atoms with Gasteiger partial charge in [-0.1, -0.05) is 19.3 Å². The van der Waals surface area contributed by atoms with Crippen molar-refractivity contribution in [3.05, 3.63) is 0 Å². The average molecular weight is 267 g/mol. The van der Waals surface area contributed by atoms with Crippen LogP contribution in [0.5, 0.6) is 0 Å². The lowest BCUT2D eigenvalue weighted by Crippen LogP contribution is -2.40. The zero-order chi connectivity index (χ0) is 11.9. The van der Waals surface area contributed by atoms with Gasteiger partial charge in [0.15, 0.2) is 0 Å². The molecule has 0 saturated heterocycles. The molecule has 0 heterocycles. The second kappa shape index (κ2) is 4.14. The van der Waals surface area contributed by atoms with Crippen molar-refractivity contribution in [3.63, 3.8) is 0 Å². The van der Waals surface area contributed by atoms with Gasteiger partial charge in [0.05, 0.1) is 10.3 Å². The molecule has 16 heavy (non-hydrogen) atoms. The first-order valence-electron chi connectivity index (χ1n) is 5.93. The van der Waals surface area contributed by atoms with Crippen LogP contribution in [0, 0.1) is 0 Å². The molecule has 0 N–H and O–H groups in total. The van der Waals surface area contributed by atoms with Crippen LogP contribution in [0.1, 0.15) is 51.4 Å². The Kier molecular flexibility index (Phi) is 3.28. The zero-order valence-corrected chi connectivity index (χ0v) is 11.2. The summed E-state index contributed by atoms with van der Waals surface area (Å²) in [7, 11) is 3.79. The minimum Gasteiger partial charge on any atom is -0.378 e. The highest BCUT2D eigenvalue weighted by Gasteiger charge is 2.57. The monoisotopic (exact) mass is 266 g/mol. The third-order valence-electron chi connectivity index (χ3n) is 4.17. The van der Waals surface area contributed by atoms with E-state index in [0.29, 0.717) is 19.3 Å². The van der Waals surface area contributed by atoms with Gasteiger partial charge in [0, 0.05) is 17.8 Å². The van der Waals surface area contributed by atoms with Crippen LogP contribution in [0.25, 0.3) is 0 Å². The van der Waals surface area contributed by atoms with Crippen LogP contribution < -0.4 is 0 Å². The van der Waals surface area contributed by atoms with Crippen molar-refractivity contribution < 1.29 is 13.2 Å². The quantitative estimate of drug-likeness (QED) is 0.735. The van der Waals surface area contributed by atoms with E-state index in [9.17, 15) is 8.42 Å². The van der Waals surface area contributed by atoms with Crippen molar-refractivity contribution >= 4 is 19.7 Å². The van der Waals surface area contributed by atoms with Gasteiger partial charge < -0.3 is 4.74 Å². The highest BCUT2D eigenvalue weighted by atomic mass is 35.7. The fraction of sp³-hybridized carbons (Fsp3) is 1.00. The van der Waals surface area contributed by atoms with E-state index in [2.05, 4.69) is 0 Å². The Morgan fingerprint density at radius 1 is 1.12 bits per heavy atom. The summed E-state index contributed by atoms with van der Waals surface area (Å²) in [4.78, 5) is 0. The topological polar surface area (TPSA) is 43.4 Å². The molecule has 0 bridgehead atoms. The summed E-state index contributed by atoms with van der Waals surface area (Å²) in [5.74, 6) is 0. The molecule has 94 valence electrons. The zero-order valence-electron chi connectivity index (χ0n) is 9.67. The lowest BCUT2D eigenvalue weighted by atomic mass is 9.81. The maximum absolute atomic E-state index is 11.6. The van der Waals surface area contributed by atoms with Gasteiger partial charge in [0.25, 0.3) is 0 Å². The van der Waals surface area contributed by atoms with E-state index in [4.69, 9.17) is 15.4 Å². The lowest BCUT2D eigenvalue weighted by Gasteiger charge is -2.38. The van der Waals surface area contributed by atoms with Crippen LogP contribution in [0.2, 0.25) is 0 Å². The molecule has 0 unspecified atom stereocenters. The van der Waals surface area contributed by atoms with Gasteiger partial charge in [-0.3, -0.25) is 0 Å². The molecule has 0 atom stereocenters. The molecule has 0 spiro atoms. The molecule has 0 amide bonds. The summed E-state index contributed by atoms with van der Waals surface area (Å²) >= 11 is 0. The predicted molar refractivity (Wildman–Crippen MR) is 64.2 cm³/mol. The Morgan fingerprint density at radius 2 is 1.69 bits per heavy atom. The van der Waals surface area contributed by atoms with Crippen LogP contribution >= 0.6 is 10.7 Å². The normalized spacial score (nSPS) is 27.6. The smallest absolute Gasteiger partial charge is 0.238 e. The molecule has 2 saturated carbocycles. The maximum Gasteiger partial charge on any atom is 0.238 e. The van der Waals surface area contributed by atoms with Crippen molar-refractivity contribution in [3.8, 4) is 0 Å². The van der Waals surface area contributed by atoms with Gasteiger partial charge in [-0.05, 0) is 32.1 Å². The van der Waals surface area contributed by atoms with Crippen molar-refractivity contribution in [2.24, 2.45) is 0 Å². The molecule has 2 fully saturated rings. The molecule has 0 radical (unpaired) electrons. The summed E-state index contributed by atoms with van der Waals surface area (Å²) in [5, 5.41) is 0. The number of halogens is 1. The molecule has 3 nitrogen and oxygen atoms in total. The van der Waals surface area contributed by atoms with E-state index in [0.717, 1.165) is 25.7 Å². The Morgan fingerprint density at radius 3 is 2.06 bits per heavy atom. The second-order valence-electron chi connectivity index (χ2n) is 5.25. The van der Waals surface area contributed by atoms with Crippen LogP contribution in [0.4, 0.5) is 0 Å². The third kappa shape index (κ3) is 2.24. The van der Waals surface area contributed by atoms with Gasteiger partial charge in [-0.25, -0.2) is 8.42 Å². The molecule has 2 rings (SSSR count). The Labute approximate surface area is 102 Å². The Hall–Kier alpha value is 0.200. The van der Waals surface area contributed by atoms with Crippen molar-refractivity contribution in [1.29, 1.82) is 0 Å². The summed E-state index contributed by atoms with van der Waals surface area (Å²) in [6.45, 7) is 0. The highest BCUT2D eigenvalue weighted by Crippen LogP contribution is 2.53. The molecule has 0 aromatic rings. The summed E-state index contributed by atoms with van der Waals surface area (Å²) in [6, 6.07) is 0. The van der Waals surface area contributed by atoms with Crippen LogP contribution in [-0.4, -0.2) is 25.9 Å². The first-order chi connectivity index (χ1) is 7.43. The predicted octanol–water partition coefficient (Wildman–Crippen LogP) is 2.83. The molecule has 2 aliphatic carbocycles. The lowest BCUT2D eigenvalue weighted by molar-refractivity contribution is -0.0473. The molecular formula is C11H19ClO3S. The van der Waals surface area contributed by atoms with E-state index in [1.807, 2.05) is 0 Å². The van der Waals surface area contributed by atoms with Gasteiger partial charge in [-0.15, -0.1) is 0 Å². The Bertz CT molecular complexity index is 353. The minimum absolute atomic E-state index is 0.239. The van der Waals surface area contributed by atoms with Gasteiger partial charge in [-0.2, -0.15) is 0 Å². The van der Waals surface area contributed by atoms with Crippen LogP contribution in [0.3, 0.4) is 0 Å². The van der Waals surface area contributed by atoms with Crippen LogP contribution in [-0.2, 0) is 13.8 Å². The first-order valence-corrected chi connectivity index (χ1v) is 8.23. The number of methoxy groups -OCH3 is 1. The van der Waals surface area contributed by atoms with Crippen molar-refractivity contribution in [2.45, 2.75) is 61.7 Å². The first kappa shape index (κ1) is 12.7. The molecule has 5 heteroatoms. The molecular weight excluding hydrogens is 248 g/mol. The number of ether oxygens (including phenoxy) is 1. The van der Waals surface area contributed by atoms with E-state index in [1.54, 1.807) is 7.11 Å². The van der Waals surface area contributed by atoms with Gasteiger partial charge in [0.1, 0.15) is 0 Å². The summed E-state index contributed by atoms with van der Waals surface area (Å²) < 4.78 is 28.1. The van der Waals surface area contributed by atoms with E-state index in [-0.39, 0.29) is 5.60 Å². The summed E-state index contributed by atoms with van der Waals surface area (Å²) in [5.41, 5.74) is -0.239. The van der Waals surface area contributed by atoms with Gasteiger partial charge in [0.2, 0.25) is 9.05 Å². The Balaban J connectivity index is 2.13. The summed E-state index contributed by atoms with van der Waals surface area (Å²) in [6.07, 6.45) is 7.41. The highest BCUT2D eigenvalue weighted by molar-refractivity contribution is 8.15. The van der Waals surface area contributed by atoms with E-state index < -0.39 is 13.8 Å². The van der Waals surface area contributed by atoms with Crippen LogP contribution in [0.15, 0.2) is 0 Å². The van der Waals surface area contributed by atoms with E-state index in [1.165, 1.54) is 6.42 Å². The van der Waals surface area contributed by atoms with Gasteiger partial charge >= 0.3 is 0 Å². The molecule has 0 aliphatic heterocycles. The number of hydrogen-bond acceptors (Lipinski definition) is 3. The maximum atomic E-state index is 11.6. The molecule has 0 aromatic carbocycles. The standard InChI is InChI=1S/C11H19ClO3S/c1-15-10(5-3-2-4-6-10)9-11(7-8-11)16(12,13)14/h2-9H2,1H3.